The Morgan fingerprint density at radius 3 is 3.06 bits per heavy atom. The molecule has 0 radical (unpaired) electrons. The van der Waals surface area contributed by atoms with Crippen molar-refractivity contribution in [2.45, 2.75) is 46.2 Å². The van der Waals surface area contributed by atoms with Crippen molar-refractivity contribution in [1.82, 2.24) is 15.1 Å². The highest BCUT2D eigenvalue weighted by molar-refractivity contribution is 4.99. The monoisotopic (exact) mass is 221 g/mol. The van der Waals surface area contributed by atoms with E-state index < -0.39 is 0 Å². The van der Waals surface area contributed by atoms with Gasteiger partial charge in [-0.2, -0.15) is 5.10 Å². The van der Waals surface area contributed by atoms with Gasteiger partial charge in [-0.15, -0.1) is 0 Å². The first kappa shape index (κ1) is 11.6. The van der Waals surface area contributed by atoms with E-state index in [1.165, 1.54) is 25.0 Å². The fourth-order valence-electron chi connectivity index (χ4n) is 2.71. The number of nitrogens with zero attached hydrogens (tertiary/aromatic N) is 2. The lowest BCUT2D eigenvalue weighted by Crippen LogP contribution is -2.25. The summed E-state index contributed by atoms with van der Waals surface area (Å²) in [6.07, 6.45) is 6.12. The molecule has 90 valence electrons. The van der Waals surface area contributed by atoms with Crippen LogP contribution in [0, 0.1) is 11.8 Å². The number of hydrogen-bond donors (Lipinski definition) is 1. The summed E-state index contributed by atoms with van der Waals surface area (Å²) in [5.41, 5.74) is 1.30. The fourth-order valence-corrected chi connectivity index (χ4v) is 2.71. The minimum Gasteiger partial charge on any atom is -0.311 e. The van der Waals surface area contributed by atoms with Crippen LogP contribution < -0.4 is 5.32 Å². The summed E-state index contributed by atoms with van der Waals surface area (Å²) < 4.78 is 2.06. The highest BCUT2D eigenvalue weighted by Crippen LogP contribution is 2.30. The van der Waals surface area contributed by atoms with Gasteiger partial charge in [0.1, 0.15) is 0 Å². The van der Waals surface area contributed by atoms with Crippen molar-refractivity contribution < 1.29 is 0 Å². The molecule has 1 saturated carbocycles. The zero-order valence-electron chi connectivity index (χ0n) is 10.4. The Morgan fingerprint density at radius 2 is 2.38 bits per heavy atom. The van der Waals surface area contributed by atoms with Crippen LogP contribution in [0.15, 0.2) is 12.3 Å². The number of rotatable bonds is 5. The molecule has 0 aromatic carbocycles. The summed E-state index contributed by atoms with van der Waals surface area (Å²) in [5, 5.41) is 7.85. The molecular formula is C13H23N3. The molecule has 16 heavy (non-hydrogen) atoms. The Bertz CT molecular complexity index is 319. The molecule has 1 aliphatic rings. The molecule has 3 heteroatoms. The van der Waals surface area contributed by atoms with E-state index in [2.05, 4.69) is 35.0 Å². The molecule has 0 spiro atoms. The molecule has 0 saturated heterocycles. The van der Waals surface area contributed by atoms with Crippen LogP contribution in [-0.4, -0.2) is 16.3 Å². The topological polar surface area (TPSA) is 29.9 Å². The van der Waals surface area contributed by atoms with Crippen molar-refractivity contribution in [3.8, 4) is 0 Å². The quantitative estimate of drug-likeness (QED) is 0.827. The van der Waals surface area contributed by atoms with E-state index in [0.29, 0.717) is 0 Å². The van der Waals surface area contributed by atoms with Crippen LogP contribution >= 0.6 is 0 Å². The zero-order chi connectivity index (χ0) is 11.4. The molecule has 0 bridgehead atoms. The molecule has 1 aliphatic carbocycles. The Balaban J connectivity index is 1.75. The maximum Gasteiger partial charge on any atom is 0.0521 e. The van der Waals surface area contributed by atoms with E-state index >= 15 is 0 Å². The zero-order valence-corrected chi connectivity index (χ0v) is 10.4. The van der Waals surface area contributed by atoms with Gasteiger partial charge in [0.05, 0.1) is 5.69 Å². The molecule has 3 nitrogen and oxygen atoms in total. The predicted molar refractivity (Wildman–Crippen MR) is 66.1 cm³/mol. The smallest absolute Gasteiger partial charge is 0.0521 e. The first-order valence-corrected chi connectivity index (χ1v) is 6.52. The molecule has 2 rings (SSSR count). The van der Waals surface area contributed by atoms with Crippen molar-refractivity contribution in [1.29, 1.82) is 0 Å². The SMILES string of the molecule is CCn1nccc1CNCC1CCCC1C. The average Bonchev–Trinajstić information content (AvgIpc) is 2.88. The maximum atomic E-state index is 4.28. The lowest BCUT2D eigenvalue weighted by Gasteiger charge is -2.16. The Hall–Kier alpha value is -0.830. The normalized spacial score (nSPS) is 25.1. The van der Waals surface area contributed by atoms with Gasteiger partial charge in [0.2, 0.25) is 0 Å². The van der Waals surface area contributed by atoms with Crippen molar-refractivity contribution >= 4 is 0 Å². The molecule has 1 aromatic rings. The summed E-state index contributed by atoms with van der Waals surface area (Å²) >= 11 is 0. The van der Waals surface area contributed by atoms with Gasteiger partial charge >= 0.3 is 0 Å². The van der Waals surface area contributed by atoms with E-state index in [1.807, 2.05) is 6.20 Å². The van der Waals surface area contributed by atoms with Gasteiger partial charge in [0.25, 0.3) is 0 Å². The lowest BCUT2D eigenvalue weighted by molar-refractivity contribution is 0.388. The van der Waals surface area contributed by atoms with Gasteiger partial charge in [-0.05, 0) is 37.8 Å². The summed E-state index contributed by atoms with van der Waals surface area (Å²) in [6, 6.07) is 2.11. The number of hydrogen-bond acceptors (Lipinski definition) is 2. The lowest BCUT2D eigenvalue weighted by atomic mass is 9.98. The summed E-state index contributed by atoms with van der Waals surface area (Å²) in [6.45, 7) is 7.60. The highest BCUT2D eigenvalue weighted by Gasteiger charge is 2.22. The third-order valence-electron chi connectivity index (χ3n) is 3.86. The second-order valence-corrected chi connectivity index (χ2v) is 4.94. The molecule has 0 amide bonds. The molecule has 2 unspecified atom stereocenters. The van der Waals surface area contributed by atoms with Gasteiger partial charge in [-0.3, -0.25) is 4.68 Å². The van der Waals surface area contributed by atoms with Gasteiger partial charge in [-0.25, -0.2) is 0 Å². The van der Waals surface area contributed by atoms with Crippen LogP contribution in [0.2, 0.25) is 0 Å². The van der Waals surface area contributed by atoms with E-state index in [-0.39, 0.29) is 0 Å². The van der Waals surface area contributed by atoms with Gasteiger partial charge < -0.3 is 5.32 Å². The van der Waals surface area contributed by atoms with Crippen LogP contribution in [-0.2, 0) is 13.1 Å². The first-order chi connectivity index (χ1) is 7.81. The number of nitrogens with one attached hydrogen (secondary N) is 1. The average molecular weight is 221 g/mol. The van der Waals surface area contributed by atoms with Crippen LogP contribution in [0.3, 0.4) is 0 Å². The maximum absolute atomic E-state index is 4.28. The van der Waals surface area contributed by atoms with Crippen LogP contribution in [0.5, 0.6) is 0 Å². The molecule has 0 aliphatic heterocycles. The Labute approximate surface area is 98.2 Å². The molecule has 1 heterocycles. The Kier molecular flexibility index (Phi) is 3.99. The van der Waals surface area contributed by atoms with Crippen molar-refractivity contribution in [2.75, 3.05) is 6.54 Å². The van der Waals surface area contributed by atoms with E-state index in [9.17, 15) is 0 Å². The van der Waals surface area contributed by atoms with E-state index in [1.54, 1.807) is 0 Å². The predicted octanol–water partition coefficient (Wildman–Crippen LogP) is 2.43. The summed E-state index contributed by atoms with van der Waals surface area (Å²) in [7, 11) is 0. The first-order valence-electron chi connectivity index (χ1n) is 6.52. The standard InChI is InChI=1S/C13H23N3/c1-3-16-13(7-8-15-16)10-14-9-12-6-4-5-11(12)2/h7-8,11-12,14H,3-6,9-10H2,1-2H3. The molecule has 1 aromatic heterocycles. The largest absolute Gasteiger partial charge is 0.311 e. The van der Waals surface area contributed by atoms with Crippen LogP contribution in [0.25, 0.3) is 0 Å². The van der Waals surface area contributed by atoms with Gasteiger partial charge in [-0.1, -0.05) is 19.8 Å². The van der Waals surface area contributed by atoms with E-state index in [4.69, 9.17) is 0 Å². The molecular weight excluding hydrogens is 198 g/mol. The number of aryl methyl sites for hydroxylation is 1. The molecule has 2 atom stereocenters. The van der Waals surface area contributed by atoms with Crippen LogP contribution in [0.4, 0.5) is 0 Å². The minimum atomic E-state index is 0.887. The Morgan fingerprint density at radius 1 is 1.50 bits per heavy atom. The van der Waals surface area contributed by atoms with E-state index in [0.717, 1.165) is 31.5 Å². The van der Waals surface area contributed by atoms with Crippen molar-refractivity contribution in [2.24, 2.45) is 11.8 Å². The minimum absolute atomic E-state index is 0.887. The van der Waals surface area contributed by atoms with Crippen LogP contribution in [0.1, 0.15) is 38.8 Å². The summed E-state index contributed by atoms with van der Waals surface area (Å²) in [4.78, 5) is 0. The van der Waals surface area contributed by atoms with Gasteiger partial charge in [0.15, 0.2) is 0 Å². The summed E-state index contributed by atoms with van der Waals surface area (Å²) in [5.74, 6) is 1.79. The second-order valence-electron chi connectivity index (χ2n) is 4.94. The van der Waals surface area contributed by atoms with Crippen molar-refractivity contribution in [3.05, 3.63) is 18.0 Å². The second kappa shape index (κ2) is 5.48. The fraction of sp³-hybridized carbons (Fsp3) is 0.769. The molecule has 1 N–H and O–H groups in total. The third kappa shape index (κ3) is 2.64. The van der Waals surface area contributed by atoms with Gasteiger partial charge in [0, 0.05) is 19.3 Å². The third-order valence-corrected chi connectivity index (χ3v) is 3.86. The highest BCUT2D eigenvalue weighted by atomic mass is 15.3. The van der Waals surface area contributed by atoms with Crippen molar-refractivity contribution in [3.63, 3.8) is 0 Å². The molecule has 1 fully saturated rings. The number of aromatic nitrogens is 2.